The Morgan fingerprint density at radius 2 is 0.610 bits per heavy atom. The fraction of sp³-hybridized carbons (Fsp3) is 0.0323. The molecular weight excluding hydrogens is 559 g/mol. The summed E-state index contributed by atoms with van der Waals surface area (Å²) in [7, 11) is 0. The van der Waals surface area contributed by atoms with Gasteiger partial charge in [-0.25, -0.2) is 30.7 Å². The van der Waals surface area contributed by atoms with Crippen LogP contribution in [0.3, 0.4) is 0 Å². The minimum atomic E-state index is -2.64. The molecule has 5 aromatic rings. The monoisotopic (exact) mass is 574 g/mol. The highest BCUT2D eigenvalue weighted by Crippen LogP contribution is 2.45. The SMILES string of the molecule is Fc1c(F)c(F)c(-c2c(F)c(F)c(OC(c3ccccc3)(c3ccccc3)c3ccccc3)c(F)c2F)c(F)c1F. The lowest BCUT2D eigenvalue weighted by Gasteiger charge is -2.36. The second kappa shape index (κ2) is 10.7. The van der Waals surface area contributed by atoms with Crippen LogP contribution in [0.15, 0.2) is 91.0 Å². The number of halogens is 9. The smallest absolute Gasteiger partial charge is 0.204 e. The second-order valence-corrected chi connectivity index (χ2v) is 8.79. The van der Waals surface area contributed by atoms with Gasteiger partial charge < -0.3 is 4.74 Å². The Kier molecular flexibility index (Phi) is 7.25. The van der Waals surface area contributed by atoms with E-state index in [4.69, 9.17) is 4.74 Å². The van der Waals surface area contributed by atoms with Gasteiger partial charge in [-0.1, -0.05) is 91.0 Å². The molecule has 5 rings (SSSR count). The third-order valence-corrected chi connectivity index (χ3v) is 6.48. The molecular formula is C31H15F9O. The summed E-state index contributed by atoms with van der Waals surface area (Å²) < 4.78 is 138. The van der Waals surface area contributed by atoms with E-state index in [1.165, 1.54) is 36.4 Å². The van der Waals surface area contributed by atoms with Crippen molar-refractivity contribution in [3.8, 4) is 16.9 Å². The lowest BCUT2D eigenvalue weighted by Crippen LogP contribution is -2.37. The van der Waals surface area contributed by atoms with Gasteiger partial charge >= 0.3 is 0 Å². The van der Waals surface area contributed by atoms with Crippen LogP contribution in [0.2, 0.25) is 0 Å². The number of ether oxygens (including phenoxy) is 1. The predicted octanol–water partition coefficient (Wildman–Crippen LogP) is 8.98. The molecule has 0 saturated carbocycles. The molecule has 0 aliphatic rings. The van der Waals surface area contributed by atoms with Crippen LogP contribution in [0.4, 0.5) is 39.5 Å². The molecule has 0 N–H and O–H groups in total. The van der Waals surface area contributed by atoms with Crippen molar-refractivity contribution < 1.29 is 44.3 Å². The molecule has 0 amide bonds. The molecule has 0 bridgehead atoms. The lowest BCUT2D eigenvalue weighted by molar-refractivity contribution is 0.136. The Balaban J connectivity index is 1.82. The van der Waals surface area contributed by atoms with Crippen LogP contribution >= 0.6 is 0 Å². The Bertz CT molecular complexity index is 1590. The molecule has 0 aliphatic carbocycles. The van der Waals surface area contributed by atoms with E-state index in [9.17, 15) is 22.0 Å². The van der Waals surface area contributed by atoms with E-state index in [1.54, 1.807) is 54.6 Å². The van der Waals surface area contributed by atoms with Gasteiger partial charge in [0.25, 0.3) is 0 Å². The lowest BCUT2D eigenvalue weighted by atomic mass is 9.80. The van der Waals surface area contributed by atoms with Gasteiger partial charge in [0, 0.05) is 16.7 Å². The van der Waals surface area contributed by atoms with E-state index in [1.807, 2.05) is 0 Å². The van der Waals surface area contributed by atoms with Crippen LogP contribution in [-0.2, 0) is 5.60 Å². The van der Waals surface area contributed by atoms with Crippen molar-refractivity contribution in [2.24, 2.45) is 0 Å². The zero-order chi connectivity index (χ0) is 29.5. The van der Waals surface area contributed by atoms with Crippen molar-refractivity contribution in [2.45, 2.75) is 5.60 Å². The van der Waals surface area contributed by atoms with Crippen molar-refractivity contribution in [2.75, 3.05) is 0 Å². The average Bonchev–Trinajstić information content (AvgIpc) is 3.01. The van der Waals surface area contributed by atoms with Gasteiger partial charge in [0.2, 0.25) is 17.5 Å². The summed E-state index contributed by atoms with van der Waals surface area (Å²) in [6, 6.07) is 23.6. The van der Waals surface area contributed by atoms with Gasteiger partial charge in [0.1, 0.15) is 0 Å². The summed E-state index contributed by atoms with van der Waals surface area (Å²) in [5.74, 6) is -24.2. The first-order chi connectivity index (χ1) is 19.6. The van der Waals surface area contributed by atoms with Crippen LogP contribution in [0, 0.1) is 52.4 Å². The molecule has 0 aromatic heterocycles. The van der Waals surface area contributed by atoms with E-state index >= 15 is 17.6 Å². The maximum atomic E-state index is 15.6. The van der Waals surface area contributed by atoms with Gasteiger partial charge in [-0.15, -0.1) is 0 Å². The molecule has 0 unspecified atom stereocenters. The molecule has 0 heterocycles. The zero-order valence-electron chi connectivity index (χ0n) is 20.5. The quantitative estimate of drug-likeness (QED) is 0.0852. The molecule has 10 heteroatoms. The Morgan fingerprint density at radius 1 is 0.341 bits per heavy atom. The Labute approximate surface area is 227 Å². The van der Waals surface area contributed by atoms with Crippen LogP contribution < -0.4 is 4.74 Å². The van der Waals surface area contributed by atoms with Crippen LogP contribution in [-0.4, -0.2) is 0 Å². The zero-order valence-corrected chi connectivity index (χ0v) is 20.5. The fourth-order valence-corrected chi connectivity index (χ4v) is 4.59. The van der Waals surface area contributed by atoms with Gasteiger partial charge in [0.05, 0.1) is 11.1 Å². The van der Waals surface area contributed by atoms with Crippen molar-refractivity contribution >= 4 is 0 Å². The van der Waals surface area contributed by atoms with Crippen LogP contribution in [0.25, 0.3) is 11.1 Å². The highest BCUT2D eigenvalue weighted by Gasteiger charge is 2.43. The van der Waals surface area contributed by atoms with Crippen molar-refractivity contribution in [3.05, 3.63) is 160 Å². The minimum Gasteiger partial charge on any atom is -0.467 e. The molecule has 0 radical (unpaired) electrons. The average molecular weight is 574 g/mol. The van der Waals surface area contributed by atoms with Gasteiger partial charge in [-0.05, 0) is 0 Å². The van der Waals surface area contributed by atoms with E-state index in [0.717, 1.165) is 0 Å². The Hall–Kier alpha value is -4.73. The normalized spacial score (nSPS) is 11.5. The number of benzene rings is 5. The maximum Gasteiger partial charge on any atom is 0.204 e. The molecule has 208 valence electrons. The van der Waals surface area contributed by atoms with E-state index < -0.39 is 74.8 Å². The van der Waals surface area contributed by atoms with E-state index in [0.29, 0.717) is 0 Å². The minimum absolute atomic E-state index is 0.265. The molecule has 41 heavy (non-hydrogen) atoms. The first kappa shape index (κ1) is 27.8. The standard InChI is InChI=1S/C31H15F9O/c32-21-19(22(33)26(37)27(38)25(21)36)20-23(34)28(39)30(29(40)24(20)35)41-31(16-10-4-1-5-11-16,17-12-6-2-7-13-17)18-14-8-3-9-15-18/h1-15H. The fourth-order valence-electron chi connectivity index (χ4n) is 4.59. The first-order valence-electron chi connectivity index (χ1n) is 11.8. The van der Waals surface area contributed by atoms with E-state index in [2.05, 4.69) is 0 Å². The van der Waals surface area contributed by atoms with Crippen LogP contribution in [0.1, 0.15) is 16.7 Å². The van der Waals surface area contributed by atoms with Crippen molar-refractivity contribution in [1.82, 2.24) is 0 Å². The molecule has 0 saturated heterocycles. The van der Waals surface area contributed by atoms with Gasteiger partial charge in [-0.3, -0.25) is 0 Å². The summed E-state index contributed by atoms with van der Waals surface area (Å²) in [4.78, 5) is 0. The summed E-state index contributed by atoms with van der Waals surface area (Å²) in [6.45, 7) is 0. The predicted molar refractivity (Wildman–Crippen MR) is 131 cm³/mol. The molecule has 5 aromatic carbocycles. The maximum absolute atomic E-state index is 15.6. The number of rotatable bonds is 6. The molecule has 0 atom stereocenters. The summed E-state index contributed by atoms with van der Waals surface area (Å²) in [6.07, 6.45) is 0. The van der Waals surface area contributed by atoms with Gasteiger partial charge in [0.15, 0.2) is 46.3 Å². The number of hydrogen-bond donors (Lipinski definition) is 0. The third-order valence-electron chi connectivity index (χ3n) is 6.48. The Morgan fingerprint density at radius 3 is 0.927 bits per heavy atom. The summed E-state index contributed by atoms with van der Waals surface area (Å²) >= 11 is 0. The first-order valence-corrected chi connectivity index (χ1v) is 11.8. The second-order valence-electron chi connectivity index (χ2n) is 8.79. The van der Waals surface area contributed by atoms with E-state index in [-0.39, 0.29) is 16.7 Å². The highest BCUT2D eigenvalue weighted by atomic mass is 19.2. The molecule has 0 fully saturated rings. The topological polar surface area (TPSA) is 9.23 Å². The summed E-state index contributed by atoms with van der Waals surface area (Å²) in [5.41, 5.74) is -5.47. The third kappa shape index (κ3) is 4.39. The molecule has 0 aliphatic heterocycles. The molecule has 0 spiro atoms. The highest BCUT2D eigenvalue weighted by molar-refractivity contribution is 5.68. The molecule has 1 nitrogen and oxygen atoms in total. The number of hydrogen-bond acceptors (Lipinski definition) is 1. The largest absolute Gasteiger partial charge is 0.467 e. The van der Waals surface area contributed by atoms with Crippen molar-refractivity contribution in [1.29, 1.82) is 0 Å². The van der Waals surface area contributed by atoms with Gasteiger partial charge in [-0.2, -0.15) is 8.78 Å². The van der Waals surface area contributed by atoms with Crippen molar-refractivity contribution in [3.63, 3.8) is 0 Å². The summed E-state index contributed by atoms with van der Waals surface area (Å²) in [5, 5.41) is 0. The van der Waals surface area contributed by atoms with Crippen LogP contribution in [0.5, 0.6) is 5.75 Å².